The highest BCUT2D eigenvalue weighted by Crippen LogP contribution is 2.32. The third-order valence-electron chi connectivity index (χ3n) is 3.12. The molecule has 108 valence electrons. The van der Waals surface area contributed by atoms with Crippen molar-refractivity contribution in [2.24, 2.45) is 0 Å². The predicted octanol–water partition coefficient (Wildman–Crippen LogP) is 2.35. The summed E-state index contributed by atoms with van der Waals surface area (Å²) in [5.41, 5.74) is 1.13. The highest BCUT2D eigenvalue weighted by Gasteiger charge is 2.47. The number of carboxylic acid groups (broad SMARTS) is 1. The van der Waals surface area contributed by atoms with Crippen LogP contribution in [0.3, 0.4) is 0 Å². The molecule has 8 heteroatoms. The van der Waals surface area contributed by atoms with Crippen LogP contribution in [0.4, 0.5) is 13.2 Å². The number of amides is 1. The molecule has 1 N–H and O–H groups in total. The number of hydrogen-bond donors (Lipinski definition) is 1. The third-order valence-corrected chi connectivity index (χ3v) is 3.86. The number of fused-ring (bicyclic) bond motifs is 1. The fourth-order valence-corrected chi connectivity index (χ4v) is 2.74. The molecule has 1 atom stereocenters. The number of halogens is 4. The van der Waals surface area contributed by atoms with Crippen LogP contribution in [0.2, 0.25) is 0 Å². The topological polar surface area (TPSA) is 57.6 Å². The van der Waals surface area contributed by atoms with Crippen LogP contribution in [-0.4, -0.2) is 34.1 Å². The average Bonchev–Trinajstić information content (AvgIpc) is 2.35. The summed E-state index contributed by atoms with van der Waals surface area (Å²) in [6.45, 7) is -0.371. The minimum atomic E-state index is -5.09. The van der Waals surface area contributed by atoms with Crippen LogP contribution < -0.4 is 0 Å². The number of carboxylic acids is 1. The molecule has 0 aromatic heterocycles. The first-order valence-corrected chi connectivity index (χ1v) is 6.38. The molecule has 20 heavy (non-hydrogen) atoms. The van der Waals surface area contributed by atoms with E-state index in [4.69, 9.17) is 5.11 Å². The Morgan fingerprint density at radius 1 is 1.35 bits per heavy atom. The number of aliphatic carboxylic acids is 1. The molecule has 0 bridgehead atoms. The van der Waals surface area contributed by atoms with Crippen molar-refractivity contribution >= 4 is 27.8 Å². The molecule has 1 unspecified atom stereocenters. The number of alkyl halides is 3. The Kier molecular flexibility index (Phi) is 3.77. The zero-order valence-electron chi connectivity index (χ0n) is 9.95. The summed E-state index contributed by atoms with van der Waals surface area (Å²) in [6, 6.07) is 3.36. The van der Waals surface area contributed by atoms with Crippen LogP contribution in [0.15, 0.2) is 22.7 Å². The van der Waals surface area contributed by atoms with Crippen molar-refractivity contribution in [2.45, 2.75) is 25.2 Å². The minimum Gasteiger partial charge on any atom is -0.480 e. The number of hydrogen-bond acceptors (Lipinski definition) is 2. The summed E-state index contributed by atoms with van der Waals surface area (Å²) < 4.78 is 38.2. The highest BCUT2D eigenvalue weighted by molar-refractivity contribution is 9.10. The summed E-state index contributed by atoms with van der Waals surface area (Å²) in [6.07, 6.45) is -5.24. The summed E-state index contributed by atoms with van der Waals surface area (Å²) in [7, 11) is 0. The van der Waals surface area contributed by atoms with E-state index in [1.165, 1.54) is 0 Å². The molecule has 1 heterocycles. The Labute approximate surface area is 120 Å². The van der Waals surface area contributed by atoms with Crippen molar-refractivity contribution in [1.29, 1.82) is 0 Å². The van der Waals surface area contributed by atoms with E-state index < -0.39 is 24.1 Å². The van der Waals surface area contributed by atoms with Crippen LogP contribution in [-0.2, 0) is 22.6 Å². The van der Waals surface area contributed by atoms with Gasteiger partial charge in [-0.2, -0.15) is 13.2 Å². The average molecular weight is 352 g/mol. The Balaban J connectivity index is 2.43. The molecule has 0 spiro atoms. The molecular weight excluding hydrogens is 343 g/mol. The molecule has 1 aliphatic rings. The fraction of sp³-hybridized carbons (Fsp3) is 0.333. The summed E-state index contributed by atoms with van der Waals surface area (Å²) in [4.78, 5) is 22.9. The number of carbonyl (C=O) groups is 2. The molecule has 4 nitrogen and oxygen atoms in total. The van der Waals surface area contributed by atoms with Gasteiger partial charge in [0.15, 0.2) is 0 Å². The zero-order valence-corrected chi connectivity index (χ0v) is 11.5. The van der Waals surface area contributed by atoms with Crippen LogP contribution in [0.1, 0.15) is 11.1 Å². The molecule has 0 aliphatic carbocycles. The first kappa shape index (κ1) is 14.8. The lowest BCUT2D eigenvalue weighted by molar-refractivity contribution is -0.191. The number of nitrogens with zero attached hydrogens (tertiary/aromatic N) is 1. The van der Waals surface area contributed by atoms with Gasteiger partial charge in [0, 0.05) is 17.4 Å². The van der Waals surface area contributed by atoms with E-state index in [1.54, 1.807) is 18.2 Å². The van der Waals surface area contributed by atoms with Crippen molar-refractivity contribution < 1.29 is 27.9 Å². The van der Waals surface area contributed by atoms with Crippen LogP contribution in [0, 0.1) is 0 Å². The second kappa shape index (κ2) is 5.08. The smallest absolute Gasteiger partial charge is 0.471 e. The Bertz CT molecular complexity index is 574. The Morgan fingerprint density at radius 2 is 2.00 bits per heavy atom. The van der Waals surface area contributed by atoms with Crippen LogP contribution in [0.5, 0.6) is 0 Å². The molecule has 0 radical (unpaired) electrons. The molecule has 0 saturated heterocycles. The zero-order chi connectivity index (χ0) is 15.1. The van der Waals surface area contributed by atoms with Crippen molar-refractivity contribution in [3.8, 4) is 0 Å². The van der Waals surface area contributed by atoms with E-state index in [0.29, 0.717) is 20.5 Å². The van der Waals surface area contributed by atoms with E-state index >= 15 is 0 Å². The lowest BCUT2D eigenvalue weighted by Crippen LogP contribution is -2.52. The van der Waals surface area contributed by atoms with Gasteiger partial charge in [0.2, 0.25) is 0 Å². The molecule has 1 aromatic carbocycles. The molecule has 1 amide bonds. The molecule has 1 aliphatic heterocycles. The van der Waals surface area contributed by atoms with Crippen molar-refractivity contribution in [2.75, 3.05) is 0 Å². The molecular formula is C12H9BrF3NO3. The van der Waals surface area contributed by atoms with E-state index in [9.17, 15) is 22.8 Å². The molecule has 0 saturated carbocycles. The normalized spacial score (nSPS) is 18.6. The monoisotopic (exact) mass is 351 g/mol. The van der Waals surface area contributed by atoms with Gasteiger partial charge in [-0.05, 0) is 17.2 Å². The number of benzene rings is 1. The summed E-state index contributed by atoms with van der Waals surface area (Å²) >= 11 is 3.24. The van der Waals surface area contributed by atoms with Crippen molar-refractivity contribution in [1.82, 2.24) is 4.90 Å². The summed E-state index contributed by atoms with van der Waals surface area (Å²) in [5, 5.41) is 9.06. The Hall–Kier alpha value is -1.57. The van der Waals surface area contributed by atoms with Gasteiger partial charge in [-0.3, -0.25) is 4.79 Å². The second-order valence-electron chi connectivity index (χ2n) is 4.37. The molecule has 2 rings (SSSR count). The van der Waals surface area contributed by atoms with Crippen molar-refractivity contribution in [3.05, 3.63) is 33.8 Å². The van der Waals surface area contributed by atoms with Gasteiger partial charge in [-0.1, -0.05) is 28.1 Å². The second-order valence-corrected chi connectivity index (χ2v) is 5.22. The van der Waals surface area contributed by atoms with E-state index in [1.807, 2.05) is 0 Å². The first-order chi connectivity index (χ1) is 9.21. The van der Waals surface area contributed by atoms with Crippen molar-refractivity contribution in [3.63, 3.8) is 0 Å². The standard InChI is InChI=1S/C12H9BrF3NO3/c13-8-3-1-2-6-5-17(11(20)12(14,15)16)9(10(18)19)4-7(6)8/h1-3,9H,4-5H2,(H,18,19). The number of carbonyl (C=O) groups excluding carboxylic acids is 1. The van der Waals surface area contributed by atoms with Gasteiger partial charge < -0.3 is 10.0 Å². The SMILES string of the molecule is O=C(O)C1Cc2c(Br)cccc2CN1C(=O)C(F)(F)F. The quantitative estimate of drug-likeness (QED) is 0.844. The Morgan fingerprint density at radius 3 is 2.55 bits per heavy atom. The molecule has 0 fully saturated rings. The summed E-state index contributed by atoms with van der Waals surface area (Å²) in [5.74, 6) is -3.58. The van der Waals surface area contributed by atoms with Gasteiger partial charge in [0.05, 0.1) is 0 Å². The predicted molar refractivity (Wildman–Crippen MR) is 65.9 cm³/mol. The van der Waals surface area contributed by atoms with Crippen LogP contribution >= 0.6 is 15.9 Å². The number of rotatable bonds is 1. The van der Waals surface area contributed by atoms with Gasteiger partial charge in [0.25, 0.3) is 0 Å². The fourth-order valence-electron chi connectivity index (χ4n) is 2.17. The van der Waals surface area contributed by atoms with Gasteiger partial charge >= 0.3 is 18.1 Å². The maximum absolute atomic E-state index is 12.5. The van der Waals surface area contributed by atoms with Crippen LogP contribution in [0.25, 0.3) is 0 Å². The third kappa shape index (κ3) is 2.65. The van der Waals surface area contributed by atoms with E-state index in [-0.39, 0.29) is 13.0 Å². The largest absolute Gasteiger partial charge is 0.480 e. The first-order valence-electron chi connectivity index (χ1n) is 5.58. The lowest BCUT2D eigenvalue weighted by atomic mass is 9.94. The highest BCUT2D eigenvalue weighted by atomic mass is 79.9. The molecule has 1 aromatic rings. The minimum absolute atomic E-state index is 0.159. The van der Waals surface area contributed by atoms with Gasteiger partial charge in [-0.25, -0.2) is 4.79 Å². The van der Waals surface area contributed by atoms with Gasteiger partial charge in [-0.15, -0.1) is 0 Å². The lowest BCUT2D eigenvalue weighted by Gasteiger charge is -2.35. The maximum atomic E-state index is 12.5. The van der Waals surface area contributed by atoms with E-state index in [0.717, 1.165) is 0 Å². The van der Waals surface area contributed by atoms with Gasteiger partial charge in [0.1, 0.15) is 6.04 Å². The maximum Gasteiger partial charge on any atom is 0.471 e. The van der Waals surface area contributed by atoms with E-state index in [2.05, 4.69) is 15.9 Å².